The summed E-state index contributed by atoms with van der Waals surface area (Å²) >= 11 is 0. The van der Waals surface area contributed by atoms with E-state index in [2.05, 4.69) is 57.9 Å². The molecule has 0 spiro atoms. The van der Waals surface area contributed by atoms with E-state index in [1.807, 2.05) is 0 Å². The topological polar surface area (TPSA) is 0 Å². The minimum atomic E-state index is 0.469. The number of benzene rings is 1. The van der Waals surface area contributed by atoms with E-state index in [9.17, 15) is 0 Å². The predicted molar refractivity (Wildman–Crippen MR) is 70.9 cm³/mol. The van der Waals surface area contributed by atoms with Gasteiger partial charge in [-0.2, -0.15) is 0 Å². The van der Waals surface area contributed by atoms with Crippen molar-refractivity contribution in [1.29, 1.82) is 0 Å². The van der Waals surface area contributed by atoms with Crippen molar-refractivity contribution in [3.63, 3.8) is 0 Å². The first kappa shape index (κ1) is 12.4. The van der Waals surface area contributed by atoms with Gasteiger partial charge in [0.2, 0.25) is 0 Å². The van der Waals surface area contributed by atoms with Gasteiger partial charge in [0.25, 0.3) is 0 Å². The highest BCUT2D eigenvalue weighted by Gasteiger charge is 2.21. The second-order valence-corrected chi connectivity index (χ2v) is 5.24. The van der Waals surface area contributed by atoms with Gasteiger partial charge < -0.3 is 0 Å². The van der Waals surface area contributed by atoms with Gasteiger partial charge in [0.1, 0.15) is 7.28 Å². The summed E-state index contributed by atoms with van der Waals surface area (Å²) in [5.41, 5.74) is 1.97. The summed E-state index contributed by atoms with van der Waals surface area (Å²) in [4.78, 5) is 0. The van der Waals surface area contributed by atoms with Crippen LogP contribution in [0, 0.1) is 5.41 Å². The lowest BCUT2D eigenvalue weighted by Gasteiger charge is -2.28. The Morgan fingerprint density at radius 2 is 1.80 bits per heavy atom. The number of hydrogen-bond donors (Lipinski definition) is 0. The van der Waals surface area contributed by atoms with E-state index >= 15 is 0 Å². The van der Waals surface area contributed by atoms with E-state index in [4.69, 9.17) is 0 Å². The Morgan fingerprint density at radius 1 is 1.20 bits per heavy atom. The molecule has 0 amide bonds. The van der Waals surface area contributed by atoms with Gasteiger partial charge in [-0.05, 0) is 17.7 Å². The summed E-state index contributed by atoms with van der Waals surface area (Å²) in [6, 6.07) is 10.9. The van der Waals surface area contributed by atoms with Crippen LogP contribution < -0.4 is 0 Å². The Hall–Kier alpha value is -0.715. The van der Waals surface area contributed by atoms with E-state index in [0.29, 0.717) is 5.41 Å². The normalized spacial score (nSPS) is 13.6. The third-order valence-electron chi connectivity index (χ3n) is 3.52. The molecule has 1 aromatic carbocycles. The minimum Gasteiger partial charge on any atom is -0.0888 e. The summed E-state index contributed by atoms with van der Waals surface area (Å²) in [6.45, 7) is 9.33. The fraction of sp³-hybridized carbons (Fsp3) is 0.571. The molecule has 0 saturated heterocycles. The molecule has 15 heavy (non-hydrogen) atoms. The summed E-state index contributed by atoms with van der Waals surface area (Å²) in [5, 5.41) is 0. The first-order valence-electron chi connectivity index (χ1n) is 6.14. The zero-order chi connectivity index (χ0) is 11.3. The molecule has 1 aromatic rings. The smallest absolute Gasteiger partial charge is 0.0888 e. The molecule has 1 rings (SSSR count). The fourth-order valence-corrected chi connectivity index (χ4v) is 2.03. The Bertz CT molecular complexity index is 277. The maximum absolute atomic E-state index is 2.37. The predicted octanol–water partition coefficient (Wildman–Crippen LogP) is 4.04. The average molecular weight is 202 g/mol. The Balaban J connectivity index is 2.73. The molecule has 0 bridgehead atoms. The highest BCUT2D eigenvalue weighted by Crippen LogP contribution is 2.33. The van der Waals surface area contributed by atoms with Crippen LogP contribution in [0.15, 0.2) is 30.3 Å². The molecule has 0 fully saturated rings. The maximum atomic E-state index is 2.37. The molecule has 0 nitrogen and oxygen atoms in total. The lowest BCUT2D eigenvalue weighted by atomic mass is 9.58. The first-order chi connectivity index (χ1) is 7.09. The molecule has 0 aliphatic heterocycles. The molecule has 1 unspecified atom stereocenters. The summed E-state index contributed by atoms with van der Waals surface area (Å²) < 4.78 is 0. The SMILES string of the molecule is CBC(CC(C)(C)CC)c1ccccc1. The van der Waals surface area contributed by atoms with Crippen molar-refractivity contribution in [1.82, 2.24) is 0 Å². The molecular formula is C14H23B. The summed E-state index contributed by atoms with van der Waals surface area (Å²) in [5.74, 6) is 0.723. The monoisotopic (exact) mass is 202 g/mol. The van der Waals surface area contributed by atoms with Crippen molar-refractivity contribution in [3.05, 3.63) is 35.9 Å². The van der Waals surface area contributed by atoms with Crippen LogP contribution >= 0.6 is 0 Å². The fourth-order valence-electron chi connectivity index (χ4n) is 2.03. The lowest BCUT2D eigenvalue weighted by Crippen LogP contribution is -2.17. The van der Waals surface area contributed by atoms with Crippen LogP contribution in [0.3, 0.4) is 0 Å². The zero-order valence-electron chi connectivity index (χ0n) is 10.6. The van der Waals surface area contributed by atoms with Crippen molar-refractivity contribution >= 4 is 7.28 Å². The Kier molecular flexibility index (Phi) is 4.44. The van der Waals surface area contributed by atoms with Gasteiger partial charge in [0, 0.05) is 0 Å². The lowest BCUT2D eigenvalue weighted by molar-refractivity contribution is 0.317. The largest absolute Gasteiger partial charge is 0.126 e. The van der Waals surface area contributed by atoms with E-state index < -0.39 is 0 Å². The quantitative estimate of drug-likeness (QED) is 0.632. The molecule has 0 aromatic heterocycles. The number of hydrogen-bond acceptors (Lipinski definition) is 0. The molecule has 1 heteroatoms. The van der Waals surface area contributed by atoms with Crippen LogP contribution in [0.5, 0.6) is 0 Å². The van der Waals surface area contributed by atoms with E-state index in [1.54, 1.807) is 0 Å². The molecule has 0 aliphatic rings. The standard InChI is InChI=1S/C14H23B/c1-5-14(2,3)11-13(15-4)12-9-7-6-8-10-12/h6-10,13,15H,5,11H2,1-4H3. The molecule has 0 N–H and O–H groups in total. The van der Waals surface area contributed by atoms with E-state index in [-0.39, 0.29) is 0 Å². The Morgan fingerprint density at radius 3 is 2.27 bits per heavy atom. The maximum Gasteiger partial charge on any atom is 0.126 e. The van der Waals surface area contributed by atoms with Gasteiger partial charge in [-0.1, -0.05) is 69.9 Å². The van der Waals surface area contributed by atoms with E-state index in [1.165, 1.54) is 25.7 Å². The highest BCUT2D eigenvalue weighted by molar-refractivity contribution is 6.35. The summed E-state index contributed by atoms with van der Waals surface area (Å²) in [6.07, 6.45) is 2.56. The van der Waals surface area contributed by atoms with Gasteiger partial charge >= 0.3 is 0 Å². The molecule has 1 atom stereocenters. The Labute approximate surface area is 95.3 Å². The second kappa shape index (κ2) is 5.39. The first-order valence-corrected chi connectivity index (χ1v) is 6.14. The third-order valence-corrected chi connectivity index (χ3v) is 3.52. The van der Waals surface area contributed by atoms with Crippen molar-refractivity contribution in [2.45, 2.75) is 46.3 Å². The molecule has 0 aliphatic carbocycles. The van der Waals surface area contributed by atoms with Gasteiger partial charge in [-0.25, -0.2) is 0 Å². The van der Waals surface area contributed by atoms with Crippen molar-refractivity contribution in [2.24, 2.45) is 5.41 Å². The van der Waals surface area contributed by atoms with Crippen LogP contribution in [0.25, 0.3) is 0 Å². The van der Waals surface area contributed by atoms with Crippen LogP contribution in [-0.2, 0) is 0 Å². The minimum absolute atomic E-state index is 0.469. The molecule has 0 radical (unpaired) electrons. The molecule has 82 valence electrons. The molecular weight excluding hydrogens is 179 g/mol. The average Bonchev–Trinajstić information content (AvgIpc) is 2.27. The van der Waals surface area contributed by atoms with Gasteiger partial charge in [0.05, 0.1) is 0 Å². The third kappa shape index (κ3) is 3.73. The van der Waals surface area contributed by atoms with Crippen LogP contribution in [0.1, 0.15) is 45.0 Å². The van der Waals surface area contributed by atoms with Crippen LogP contribution in [0.2, 0.25) is 6.82 Å². The second-order valence-electron chi connectivity index (χ2n) is 5.24. The van der Waals surface area contributed by atoms with Gasteiger partial charge in [-0.3, -0.25) is 0 Å². The van der Waals surface area contributed by atoms with Crippen LogP contribution in [-0.4, -0.2) is 7.28 Å². The van der Waals surface area contributed by atoms with Gasteiger partial charge in [-0.15, -0.1) is 0 Å². The highest BCUT2D eigenvalue weighted by atomic mass is 14.2. The van der Waals surface area contributed by atoms with Gasteiger partial charge in [0.15, 0.2) is 0 Å². The summed E-state index contributed by atoms with van der Waals surface area (Å²) in [7, 11) is 1.24. The van der Waals surface area contributed by atoms with Crippen molar-refractivity contribution < 1.29 is 0 Å². The molecule has 0 saturated carbocycles. The molecule has 0 heterocycles. The number of rotatable bonds is 5. The van der Waals surface area contributed by atoms with E-state index in [0.717, 1.165) is 5.82 Å². The van der Waals surface area contributed by atoms with Crippen molar-refractivity contribution in [3.8, 4) is 0 Å². The van der Waals surface area contributed by atoms with Crippen LogP contribution in [0.4, 0.5) is 0 Å². The zero-order valence-corrected chi connectivity index (χ0v) is 10.6. The van der Waals surface area contributed by atoms with Crippen molar-refractivity contribution in [2.75, 3.05) is 0 Å².